The van der Waals surface area contributed by atoms with Crippen LogP contribution >= 0.6 is 0 Å². The number of nitrogens with one attached hydrogen (secondary N) is 1. The third kappa shape index (κ3) is 5.30. The van der Waals surface area contributed by atoms with E-state index in [-0.39, 0.29) is 12.0 Å². The van der Waals surface area contributed by atoms with E-state index in [9.17, 15) is 4.79 Å². The highest BCUT2D eigenvalue weighted by molar-refractivity contribution is 5.70. The van der Waals surface area contributed by atoms with Crippen molar-refractivity contribution < 1.29 is 9.53 Å². The van der Waals surface area contributed by atoms with Gasteiger partial charge in [-0.15, -0.1) is 0 Å². The molecule has 0 bridgehead atoms. The summed E-state index contributed by atoms with van der Waals surface area (Å²) in [7, 11) is 5.47. The fourth-order valence-electron chi connectivity index (χ4n) is 2.00. The first-order valence-electron chi connectivity index (χ1n) is 6.63. The molecule has 0 aliphatic carbocycles. The molecule has 0 spiro atoms. The number of ether oxygens (including phenoxy) is 1. The van der Waals surface area contributed by atoms with Crippen LogP contribution in [-0.4, -0.2) is 39.8 Å². The van der Waals surface area contributed by atoms with Crippen molar-refractivity contribution >= 4 is 11.7 Å². The summed E-state index contributed by atoms with van der Waals surface area (Å²) in [6.07, 6.45) is 1.23. The highest BCUT2D eigenvalue weighted by atomic mass is 16.5. The zero-order valence-electron chi connectivity index (χ0n) is 12.3. The summed E-state index contributed by atoms with van der Waals surface area (Å²) in [6.45, 7) is 2.89. The first-order chi connectivity index (χ1) is 9.06. The minimum Gasteiger partial charge on any atom is -0.469 e. The number of likely N-dealkylation sites (N-methyl/N-ethyl adjacent to an activating group) is 1. The molecule has 0 saturated heterocycles. The molecule has 19 heavy (non-hydrogen) atoms. The van der Waals surface area contributed by atoms with Gasteiger partial charge in [-0.3, -0.25) is 4.79 Å². The van der Waals surface area contributed by atoms with Gasteiger partial charge in [-0.2, -0.15) is 0 Å². The molecule has 1 unspecified atom stereocenters. The van der Waals surface area contributed by atoms with Crippen molar-refractivity contribution in [2.75, 3.05) is 32.6 Å². The molecule has 1 N–H and O–H groups in total. The Labute approximate surface area is 115 Å². The molecule has 1 aromatic carbocycles. The summed E-state index contributed by atoms with van der Waals surface area (Å²) in [5.74, 6) is -0.170. The molecule has 0 aliphatic rings. The minimum absolute atomic E-state index is 0.127. The molecule has 0 aromatic heterocycles. The second kappa shape index (κ2) is 7.79. The number of esters is 1. The second-order valence-electron chi connectivity index (χ2n) is 4.80. The quantitative estimate of drug-likeness (QED) is 0.763. The number of hydrogen-bond acceptors (Lipinski definition) is 4. The van der Waals surface area contributed by atoms with Gasteiger partial charge in [-0.25, -0.2) is 0 Å². The van der Waals surface area contributed by atoms with E-state index in [0.717, 1.165) is 13.0 Å². The van der Waals surface area contributed by atoms with Crippen LogP contribution in [0.1, 0.15) is 18.9 Å². The van der Waals surface area contributed by atoms with E-state index in [1.54, 1.807) is 0 Å². The van der Waals surface area contributed by atoms with Gasteiger partial charge in [0.05, 0.1) is 13.5 Å². The van der Waals surface area contributed by atoms with Gasteiger partial charge in [0.25, 0.3) is 0 Å². The largest absolute Gasteiger partial charge is 0.469 e. The molecule has 0 heterocycles. The van der Waals surface area contributed by atoms with Crippen LogP contribution in [0.15, 0.2) is 24.3 Å². The van der Waals surface area contributed by atoms with E-state index in [2.05, 4.69) is 34.5 Å². The van der Waals surface area contributed by atoms with E-state index in [1.165, 1.54) is 18.4 Å². The van der Waals surface area contributed by atoms with Crippen LogP contribution in [0.5, 0.6) is 0 Å². The zero-order chi connectivity index (χ0) is 14.3. The summed E-state index contributed by atoms with van der Waals surface area (Å²) in [5.41, 5.74) is 2.40. The van der Waals surface area contributed by atoms with E-state index in [1.807, 2.05) is 21.0 Å². The van der Waals surface area contributed by atoms with Gasteiger partial charge in [0, 0.05) is 25.8 Å². The number of benzene rings is 1. The first-order valence-corrected chi connectivity index (χ1v) is 6.63. The molecule has 0 aliphatic heterocycles. The van der Waals surface area contributed by atoms with E-state index >= 15 is 0 Å². The third-order valence-electron chi connectivity index (χ3n) is 3.07. The molecule has 0 radical (unpaired) electrons. The molecule has 1 rings (SSSR count). The zero-order valence-corrected chi connectivity index (χ0v) is 12.3. The van der Waals surface area contributed by atoms with Crippen molar-refractivity contribution in [3.63, 3.8) is 0 Å². The summed E-state index contributed by atoms with van der Waals surface area (Å²) < 4.78 is 4.73. The lowest BCUT2D eigenvalue weighted by Gasteiger charge is -2.18. The molecule has 106 valence electrons. The summed E-state index contributed by atoms with van der Waals surface area (Å²) in [4.78, 5) is 13.4. The summed E-state index contributed by atoms with van der Waals surface area (Å²) in [5, 5.41) is 3.32. The lowest BCUT2D eigenvalue weighted by molar-refractivity contribution is -0.141. The molecule has 1 atom stereocenters. The van der Waals surface area contributed by atoms with Crippen molar-refractivity contribution in [2.24, 2.45) is 0 Å². The highest BCUT2D eigenvalue weighted by Crippen LogP contribution is 2.14. The smallest absolute Gasteiger partial charge is 0.307 e. The van der Waals surface area contributed by atoms with Crippen LogP contribution in [0.2, 0.25) is 0 Å². The van der Waals surface area contributed by atoms with Crippen molar-refractivity contribution in [3.05, 3.63) is 29.8 Å². The number of hydrogen-bond donors (Lipinski definition) is 1. The normalized spacial score (nSPS) is 12.0. The Bertz CT molecular complexity index is 388. The molecule has 1 aromatic rings. The van der Waals surface area contributed by atoms with Crippen molar-refractivity contribution in [3.8, 4) is 0 Å². The molecule has 0 fully saturated rings. The molecule has 4 nitrogen and oxygen atoms in total. The molecular formula is C15H24N2O2. The monoisotopic (exact) mass is 264 g/mol. The average Bonchev–Trinajstić information content (AvgIpc) is 2.39. The van der Waals surface area contributed by atoms with Gasteiger partial charge in [-0.05, 0) is 30.7 Å². The van der Waals surface area contributed by atoms with Gasteiger partial charge in [0.15, 0.2) is 0 Å². The fraction of sp³-hybridized carbons (Fsp3) is 0.533. The number of nitrogens with zero attached hydrogens (tertiary/aromatic N) is 1. The maximum atomic E-state index is 11.4. The average molecular weight is 264 g/mol. The third-order valence-corrected chi connectivity index (χ3v) is 3.07. The highest BCUT2D eigenvalue weighted by Gasteiger charge is 2.13. The number of carbonyl (C=O) groups excluding carboxylic acids is 1. The summed E-state index contributed by atoms with van der Waals surface area (Å²) in [6, 6.07) is 8.53. The Morgan fingerprint density at radius 3 is 2.42 bits per heavy atom. The van der Waals surface area contributed by atoms with Crippen molar-refractivity contribution in [1.82, 2.24) is 5.32 Å². The van der Waals surface area contributed by atoms with Gasteiger partial charge in [0.1, 0.15) is 0 Å². The maximum Gasteiger partial charge on any atom is 0.307 e. The Hall–Kier alpha value is -1.55. The van der Waals surface area contributed by atoms with Crippen molar-refractivity contribution in [1.29, 1.82) is 0 Å². The topological polar surface area (TPSA) is 41.6 Å². The van der Waals surface area contributed by atoms with E-state index in [0.29, 0.717) is 6.42 Å². The van der Waals surface area contributed by atoms with Gasteiger partial charge in [0.2, 0.25) is 0 Å². The number of anilines is 1. The van der Waals surface area contributed by atoms with Gasteiger partial charge >= 0.3 is 5.97 Å². The predicted molar refractivity (Wildman–Crippen MR) is 78.6 cm³/mol. The van der Waals surface area contributed by atoms with Crippen LogP contribution < -0.4 is 10.2 Å². The summed E-state index contributed by atoms with van der Waals surface area (Å²) >= 11 is 0. The van der Waals surface area contributed by atoms with E-state index in [4.69, 9.17) is 4.74 Å². The van der Waals surface area contributed by atoms with Crippen LogP contribution in [0.3, 0.4) is 0 Å². The minimum atomic E-state index is -0.170. The first kappa shape index (κ1) is 15.5. The number of carbonyl (C=O) groups is 1. The Balaban J connectivity index is 2.65. The van der Waals surface area contributed by atoms with Crippen LogP contribution in [0.25, 0.3) is 0 Å². The van der Waals surface area contributed by atoms with Crippen molar-refractivity contribution in [2.45, 2.75) is 25.8 Å². The molecule has 0 saturated carbocycles. The predicted octanol–water partition coefficient (Wildman–Crippen LogP) is 1.84. The molecule has 4 heteroatoms. The second-order valence-corrected chi connectivity index (χ2v) is 4.80. The lowest BCUT2D eigenvalue weighted by atomic mass is 10.0. The molecular weight excluding hydrogens is 240 g/mol. The lowest BCUT2D eigenvalue weighted by Crippen LogP contribution is -2.33. The maximum absolute atomic E-state index is 11.4. The SMILES string of the molecule is CCNC(CC(=O)OC)Cc1ccc(N(C)C)cc1. The fourth-order valence-corrected chi connectivity index (χ4v) is 2.00. The number of methoxy groups -OCH3 is 1. The Morgan fingerprint density at radius 2 is 1.95 bits per heavy atom. The Kier molecular flexibility index (Phi) is 6.36. The Morgan fingerprint density at radius 1 is 1.32 bits per heavy atom. The number of rotatable bonds is 7. The van der Waals surface area contributed by atoms with Crippen LogP contribution in [0, 0.1) is 0 Å². The standard InChI is InChI=1S/C15H24N2O2/c1-5-16-13(11-15(18)19-4)10-12-6-8-14(9-7-12)17(2)3/h6-9,13,16H,5,10-11H2,1-4H3. The van der Waals surface area contributed by atoms with E-state index < -0.39 is 0 Å². The van der Waals surface area contributed by atoms with Crippen LogP contribution in [0.4, 0.5) is 5.69 Å². The van der Waals surface area contributed by atoms with Crippen LogP contribution in [-0.2, 0) is 16.0 Å². The van der Waals surface area contributed by atoms with Gasteiger partial charge in [-0.1, -0.05) is 19.1 Å². The van der Waals surface area contributed by atoms with Gasteiger partial charge < -0.3 is 15.0 Å². The molecule has 0 amide bonds.